The minimum atomic E-state index is -4.58. The molecule has 2 amide bonds. The van der Waals surface area contributed by atoms with Gasteiger partial charge in [-0.1, -0.05) is 19.1 Å². The number of aromatic nitrogens is 1. The predicted molar refractivity (Wildman–Crippen MR) is 107 cm³/mol. The number of hydrogen-bond donors (Lipinski definition) is 3. The standard InChI is InChI=1S/C21H27F3N4O2/c1-4-5-6-13(3)18(29)25-11-20-9-14(26-16(20)10-20)19(30)28-17-12(2)7-8-15(27-17)21(22,23)24/h4,7-8,13-14,16,26H,1,5-6,9-11H2,2-3H3,(H,25,29)(H,27,28,30)/t13-,14+,16-,20+/m1/s1. The molecule has 1 aliphatic carbocycles. The van der Waals surface area contributed by atoms with Crippen molar-refractivity contribution in [1.29, 1.82) is 0 Å². The Morgan fingerprint density at radius 1 is 1.40 bits per heavy atom. The predicted octanol–water partition coefficient (Wildman–Crippen LogP) is 3.19. The number of nitrogens with one attached hydrogen (secondary N) is 3. The summed E-state index contributed by atoms with van der Waals surface area (Å²) < 4.78 is 38.7. The Kier molecular flexibility index (Phi) is 6.21. The number of piperidine rings is 1. The Morgan fingerprint density at radius 3 is 2.80 bits per heavy atom. The summed E-state index contributed by atoms with van der Waals surface area (Å²) in [7, 11) is 0. The molecular formula is C21H27F3N4O2. The fraction of sp³-hybridized carbons (Fsp3) is 0.571. The highest BCUT2D eigenvalue weighted by Crippen LogP contribution is 2.54. The third kappa shape index (κ3) is 4.83. The summed E-state index contributed by atoms with van der Waals surface area (Å²) in [5, 5.41) is 8.71. The Hall–Kier alpha value is -2.42. The molecule has 2 fully saturated rings. The minimum absolute atomic E-state index is 0.0198. The highest BCUT2D eigenvalue weighted by atomic mass is 19.4. The second-order valence-electron chi connectivity index (χ2n) is 8.38. The number of rotatable bonds is 8. The summed E-state index contributed by atoms with van der Waals surface area (Å²) in [6.07, 6.45) is 0.0885. The molecule has 1 saturated carbocycles. The van der Waals surface area contributed by atoms with Crippen LogP contribution in [0.2, 0.25) is 0 Å². The lowest BCUT2D eigenvalue weighted by atomic mass is 9.98. The quantitative estimate of drug-likeness (QED) is 0.560. The van der Waals surface area contributed by atoms with Crippen molar-refractivity contribution in [2.45, 2.75) is 57.8 Å². The van der Waals surface area contributed by atoms with E-state index in [-0.39, 0.29) is 29.1 Å². The lowest BCUT2D eigenvalue weighted by molar-refractivity contribution is -0.141. The Labute approximate surface area is 173 Å². The Morgan fingerprint density at radius 2 is 2.13 bits per heavy atom. The molecule has 3 rings (SSSR count). The zero-order valence-electron chi connectivity index (χ0n) is 17.1. The minimum Gasteiger partial charge on any atom is -0.355 e. The number of allylic oxidation sites excluding steroid dienone is 1. The van der Waals surface area contributed by atoms with Crippen LogP contribution >= 0.6 is 0 Å². The monoisotopic (exact) mass is 424 g/mol. The number of pyridine rings is 1. The van der Waals surface area contributed by atoms with E-state index in [1.54, 1.807) is 13.0 Å². The van der Waals surface area contributed by atoms with Gasteiger partial charge in [0.25, 0.3) is 0 Å². The number of carbonyl (C=O) groups excluding carboxylic acids is 2. The van der Waals surface area contributed by atoms with Gasteiger partial charge in [-0.15, -0.1) is 6.58 Å². The number of fused-ring (bicyclic) bond motifs is 1. The van der Waals surface area contributed by atoms with Crippen LogP contribution in [-0.4, -0.2) is 35.4 Å². The van der Waals surface area contributed by atoms with Gasteiger partial charge in [-0.2, -0.15) is 13.2 Å². The van der Waals surface area contributed by atoms with Crippen LogP contribution < -0.4 is 16.0 Å². The summed E-state index contributed by atoms with van der Waals surface area (Å²) in [6, 6.07) is 1.76. The topological polar surface area (TPSA) is 83.1 Å². The summed E-state index contributed by atoms with van der Waals surface area (Å²) in [6.45, 7) is 7.60. The number of halogens is 3. The van der Waals surface area contributed by atoms with Crippen LogP contribution in [0.25, 0.3) is 0 Å². The molecule has 1 aromatic rings. The number of carbonyl (C=O) groups is 2. The zero-order chi connectivity index (χ0) is 22.1. The first-order chi connectivity index (χ1) is 14.1. The van der Waals surface area contributed by atoms with E-state index in [2.05, 4.69) is 27.5 Å². The molecule has 2 aliphatic rings. The SMILES string of the molecule is C=CCC[C@@H](C)C(=O)NC[C@@]12C[C@@H](C(=O)Nc3nc(C(F)(F)F)ccc3C)N[C@@H]1C2. The van der Waals surface area contributed by atoms with Crippen LogP contribution in [0, 0.1) is 18.3 Å². The van der Waals surface area contributed by atoms with Crippen LogP contribution in [0.1, 0.15) is 43.9 Å². The molecule has 30 heavy (non-hydrogen) atoms. The van der Waals surface area contributed by atoms with Crippen LogP contribution in [0.3, 0.4) is 0 Å². The third-order valence-electron chi connectivity index (χ3n) is 6.01. The van der Waals surface area contributed by atoms with Gasteiger partial charge in [-0.05, 0) is 44.2 Å². The van der Waals surface area contributed by atoms with Gasteiger partial charge >= 0.3 is 6.18 Å². The highest BCUT2D eigenvalue weighted by molar-refractivity contribution is 5.95. The number of alkyl halides is 3. The maximum absolute atomic E-state index is 12.9. The van der Waals surface area contributed by atoms with Crippen LogP contribution in [0.5, 0.6) is 0 Å². The van der Waals surface area contributed by atoms with E-state index in [9.17, 15) is 22.8 Å². The molecule has 9 heteroatoms. The molecule has 0 unspecified atom stereocenters. The van der Waals surface area contributed by atoms with Gasteiger partial charge in [0.05, 0.1) is 6.04 Å². The summed E-state index contributed by atoms with van der Waals surface area (Å²) in [5.41, 5.74) is -0.767. The Balaban J connectivity index is 1.55. The third-order valence-corrected chi connectivity index (χ3v) is 6.01. The molecule has 0 spiro atoms. The van der Waals surface area contributed by atoms with E-state index in [1.165, 1.54) is 6.07 Å². The average Bonchev–Trinajstić information content (AvgIpc) is 3.24. The largest absolute Gasteiger partial charge is 0.433 e. The number of nitrogens with zero attached hydrogens (tertiary/aromatic N) is 1. The molecular weight excluding hydrogens is 397 g/mol. The molecule has 6 nitrogen and oxygen atoms in total. The van der Waals surface area contributed by atoms with Gasteiger partial charge in [-0.25, -0.2) is 4.98 Å². The second-order valence-corrected chi connectivity index (χ2v) is 8.38. The van der Waals surface area contributed by atoms with E-state index in [1.807, 2.05) is 6.92 Å². The molecule has 2 heterocycles. The lowest BCUT2D eigenvalue weighted by Crippen LogP contribution is -2.39. The smallest absolute Gasteiger partial charge is 0.355 e. The second kappa shape index (κ2) is 8.37. The lowest BCUT2D eigenvalue weighted by Gasteiger charge is -2.18. The van der Waals surface area contributed by atoms with E-state index >= 15 is 0 Å². The summed E-state index contributed by atoms with van der Waals surface area (Å²) in [4.78, 5) is 28.4. The molecule has 1 aliphatic heterocycles. The van der Waals surface area contributed by atoms with Crippen LogP contribution in [0.15, 0.2) is 24.8 Å². The van der Waals surface area contributed by atoms with Crippen molar-refractivity contribution in [3.8, 4) is 0 Å². The van der Waals surface area contributed by atoms with E-state index < -0.39 is 23.8 Å². The van der Waals surface area contributed by atoms with Gasteiger partial charge < -0.3 is 16.0 Å². The number of aryl methyl sites for hydroxylation is 1. The van der Waals surface area contributed by atoms with E-state index in [0.717, 1.165) is 25.3 Å². The average molecular weight is 424 g/mol. The molecule has 1 aromatic heterocycles. The first-order valence-electron chi connectivity index (χ1n) is 10.1. The van der Waals surface area contributed by atoms with Gasteiger partial charge in [-0.3, -0.25) is 9.59 Å². The number of hydrogen-bond acceptors (Lipinski definition) is 4. The Bertz CT molecular complexity index is 842. The molecule has 0 radical (unpaired) electrons. The van der Waals surface area contributed by atoms with Crippen LogP contribution in [0.4, 0.5) is 19.0 Å². The van der Waals surface area contributed by atoms with Crippen molar-refractivity contribution in [2.24, 2.45) is 11.3 Å². The van der Waals surface area contributed by atoms with Gasteiger partial charge in [0, 0.05) is 23.9 Å². The summed E-state index contributed by atoms with van der Waals surface area (Å²) in [5.74, 6) is -0.633. The fourth-order valence-corrected chi connectivity index (χ4v) is 3.91. The van der Waals surface area contributed by atoms with Crippen molar-refractivity contribution in [3.63, 3.8) is 0 Å². The molecule has 0 aromatic carbocycles. The van der Waals surface area contributed by atoms with Crippen molar-refractivity contribution in [1.82, 2.24) is 15.6 Å². The molecule has 0 bridgehead atoms. The maximum Gasteiger partial charge on any atom is 0.433 e. The number of amides is 2. The number of anilines is 1. The van der Waals surface area contributed by atoms with Crippen molar-refractivity contribution in [3.05, 3.63) is 36.0 Å². The van der Waals surface area contributed by atoms with E-state index in [0.29, 0.717) is 18.5 Å². The maximum atomic E-state index is 12.9. The van der Waals surface area contributed by atoms with Crippen molar-refractivity contribution in [2.75, 3.05) is 11.9 Å². The molecule has 4 atom stereocenters. The first kappa shape index (κ1) is 22.3. The van der Waals surface area contributed by atoms with Gasteiger partial charge in [0.2, 0.25) is 11.8 Å². The fourth-order valence-electron chi connectivity index (χ4n) is 3.91. The van der Waals surface area contributed by atoms with Gasteiger partial charge in [0.15, 0.2) is 0 Å². The zero-order valence-corrected chi connectivity index (χ0v) is 17.1. The van der Waals surface area contributed by atoms with Crippen molar-refractivity contribution >= 4 is 17.6 Å². The first-order valence-corrected chi connectivity index (χ1v) is 10.1. The molecule has 1 saturated heterocycles. The van der Waals surface area contributed by atoms with Gasteiger partial charge in [0.1, 0.15) is 11.5 Å². The molecule has 3 N–H and O–H groups in total. The van der Waals surface area contributed by atoms with Crippen LogP contribution in [-0.2, 0) is 15.8 Å². The normalized spacial score (nSPS) is 25.9. The highest BCUT2D eigenvalue weighted by Gasteiger charge is 2.61. The van der Waals surface area contributed by atoms with E-state index in [4.69, 9.17) is 0 Å². The summed E-state index contributed by atoms with van der Waals surface area (Å²) >= 11 is 0. The molecule has 164 valence electrons. The van der Waals surface area contributed by atoms with Crippen molar-refractivity contribution < 1.29 is 22.8 Å².